The molecule has 0 unspecified atom stereocenters. The monoisotopic (exact) mass is 211 g/mol. The largest absolute Gasteiger partial charge is 0.496 e. The molecular weight excluding hydrogens is 198 g/mol. The number of ether oxygens (including phenoxy) is 1. The molecule has 0 heterocycles. The fraction of sp³-hybridized carbons (Fsp3) is 0.364. The van der Waals surface area contributed by atoms with Crippen LogP contribution in [0, 0.1) is 13.8 Å². The quantitative estimate of drug-likeness (QED) is 0.690. The maximum atomic E-state index is 5.94. The van der Waals surface area contributed by atoms with Crippen molar-refractivity contribution in [1.82, 2.24) is 0 Å². The molecule has 2 nitrogen and oxygen atoms in total. The van der Waals surface area contributed by atoms with E-state index < -0.39 is 0 Å². The molecule has 0 N–H and O–H groups in total. The third-order valence-electron chi connectivity index (χ3n) is 2.10. The lowest BCUT2D eigenvalue weighted by atomic mass is 10.1. The van der Waals surface area contributed by atoms with Crippen LogP contribution in [0.5, 0.6) is 5.75 Å². The third-order valence-corrected chi connectivity index (χ3v) is 2.49. The van der Waals surface area contributed by atoms with Crippen molar-refractivity contribution in [3.8, 4) is 5.75 Å². The number of benzene rings is 1. The molecule has 0 aliphatic rings. The summed E-state index contributed by atoms with van der Waals surface area (Å²) in [6, 6.07) is 3.95. The van der Waals surface area contributed by atoms with Gasteiger partial charge in [-0.25, -0.2) is 0 Å². The van der Waals surface area contributed by atoms with Gasteiger partial charge in [-0.1, -0.05) is 11.6 Å². The van der Waals surface area contributed by atoms with Crippen LogP contribution in [0.2, 0.25) is 0 Å². The number of aryl methyl sites for hydroxylation is 2. The zero-order chi connectivity index (χ0) is 10.7. The SMILES string of the molecule is CN=C(Cl)c1cc(C)c(OC)c(C)c1. The number of aliphatic imine (C=N–C) groups is 1. The van der Waals surface area contributed by atoms with Gasteiger partial charge in [-0.15, -0.1) is 0 Å². The van der Waals surface area contributed by atoms with Crippen LogP contribution in [0.25, 0.3) is 0 Å². The Balaban J connectivity index is 3.27. The van der Waals surface area contributed by atoms with E-state index in [2.05, 4.69) is 4.99 Å². The highest BCUT2D eigenvalue weighted by Gasteiger charge is 2.07. The smallest absolute Gasteiger partial charge is 0.130 e. The molecule has 0 fully saturated rings. The second-order valence-corrected chi connectivity index (χ2v) is 3.52. The highest BCUT2D eigenvalue weighted by molar-refractivity contribution is 6.69. The zero-order valence-corrected chi connectivity index (χ0v) is 9.64. The first-order valence-electron chi connectivity index (χ1n) is 4.38. The van der Waals surface area contributed by atoms with Gasteiger partial charge in [-0.2, -0.15) is 0 Å². The van der Waals surface area contributed by atoms with Crippen LogP contribution >= 0.6 is 11.6 Å². The van der Waals surface area contributed by atoms with Crippen LogP contribution in [-0.4, -0.2) is 19.3 Å². The van der Waals surface area contributed by atoms with Crippen molar-refractivity contribution < 1.29 is 4.74 Å². The van der Waals surface area contributed by atoms with Gasteiger partial charge < -0.3 is 4.74 Å². The lowest BCUT2D eigenvalue weighted by Gasteiger charge is -2.10. The summed E-state index contributed by atoms with van der Waals surface area (Å²) in [6.45, 7) is 3.99. The molecule has 0 aromatic heterocycles. The van der Waals surface area contributed by atoms with Gasteiger partial charge in [0.25, 0.3) is 0 Å². The van der Waals surface area contributed by atoms with Crippen LogP contribution in [0.3, 0.4) is 0 Å². The van der Waals surface area contributed by atoms with Crippen LogP contribution in [0.15, 0.2) is 17.1 Å². The fourth-order valence-corrected chi connectivity index (χ4v) is 1.63. The Labute approximate surface area is 89.6 Å². The summed E-state index contributed by atoms with van der Waals surface area (Å²) in [5.74, 6) is 0.911. The van der Waals surface area contributed by atoms with E-state index in [0.29, 0.717) is 5.17 Å². The van der Waals surface area contributed by atoms with Crippen molar-refractivity contribution in [2.45, 2.75) is 13.8 Å². The van der Waals surface area contributed by atoms with Gasteiger partial charge in [-0.3, -0.25) is 4.99 Å². The van der Waals surface area contributed by atoms with Crippen molar-refractivity contribution in [2.24, 2.45) is 4.99 Å². The normalized spacial score (nSPS) is 11.6. The van der Waals surface area contributed by atoms with Crippen molar-refractivity contribution in [2.75, 3.05) is 14.2 Å². The molecule has 14 heavy (non-hydrogen) atoms. The number of hydrogen-bond donors (Lipinski definition) is 0. The summed E-state index contributed by atoms with van der Waals surface area (Å²) in [5.41, 5.74) is 3.08. The van der Waals surface area contributed by atoms with Crippen LogP contribution in [-0.2, 0) is 0 Å². The number of rotatable bonds is 2. The molecule has 1 aromatic carbocycles. The predicted molar refractivity (Wildman–Crippen MR) is 60.8 cm³/mol. The summed E-state index contributed by atoms with van der Waals surface area (Å²) in [5, 5.41) is 0.527. The minimum Gasteiger partial charge on any atom is -0.496 e. The average Bonchev–Trinajstić information content (AvgIpc) is 2.16. The molecule has 0 spiro atoms. The van der Waals surface area contributed by atoms with E-state index in [-0.39, 0.29) is 0 Å². The van der Waals surface area contributed by atoms with Gasteiger partial charge >= 0.3 is 0 Å². The molecule has 3 heteroatoms. The maximum Gasteiger partial charge on any atom is 0.130 e. The van der Waals surface area contributed by atoms with E-state index in [1.54, 1.807) is 14.2 Å². The zero-order valence-electron chi connectivity index (χ0n) is 8.89. The summed E-state index contributed by atoms with van der Waals surface area (Å²) < 4.78 is 5.26. The molecule has 0 aliphatic heterocycles. The molecule has 0 saturated heterocycles. The fourth-order valence-electron chi connectivity index (χ4n) is 1.52. The molecule has 0 aliphatic carbocycles. The molecule has 0 saturated carbocycles. The Bertz CT molecular complexity index is 349. The second kappa shape index (κ2) is 4.47. The summed E-state index contributed by atoms with van der Waals surface area (Å²) >= 11 is 5.94. The van der Waals surface area contributed by atoms with Crippen molar-refractivity contribution in [3.63, 3.8) is 0 Å². The second-order valence-electron chi connectivity index (χ2n) is 3.16. The summed E-state index contributed by atoms with van der Waals surface area (Å²) in [6.07, 6.45) is 0. The molecule has 0 radical (unpaired) electrons. The predicted octanol–water partition coefficient (Wildman–Crippen LogP) is 2.93. The van der Waals surface area contributed by atoms with Gasteiger partial charge in [0, 0.05) is 12.6 Å². The summed E-state index contributed by atoms with van der Waals surface area (Å²) in [7, 11) is 3.35. The lowest BCUT2D eigenvalue weighted by Crippen LogP contribution is -1.97. The molecule has 76 valence electrons. The van der Waals surface area contributed by atoms with Gasteiger partial charge in [0.1, 0.15) is 10.9 Å². The lowest BCUT2D eigenvalue weighted by molar-refractivity contribution is 0.408. The van der Waals surface area contributed by atoms with Gasteiger partial charge in [0.15, 0.2) is 0 Å². The highest BCUT2D eigenvalue weighted by atomic mass is 35.5. The van der Waals surface area contributed by atoms with E-state index in [1.165, 1.54) is 0 Å². The van der Waals surface area contributed by atoms with Crippen LogP contribution < -0.4 is 4.74 Å². The van der Waals surface area contributed by atoms with Crippen LogP contribution in [0.1, 0.15) is 16.7 Å². The first kappa shape index (κ1) is 11.1. The first-order valence-corrected chi connectivity index (χ1v) is 4.75. The minimum atomic E-state index is 0.527. The Hall–Kier alpha value is -1.02. The molecule has 0 atom stereocenters. The molecule has 0 amide bonds. The number of methoxy groups -OCH3 is 1. The third kappa shape index (κ3) is 2.07. The Morgan fingerprint density at radius 2 is 1.79 bits per heavy atom. The molecule has 1 aromatic rings. The first-order chi connectivity index (χ1) is 6.60. The summed E-state index contributed by atoms with van der Waals surface area (Å²) in [4.78, 5) is 3.94. The molecule has 0 bridgehead atoms. The van der Waals surface area contributed by atoms with Gasteiger partial charge in [0.2, 0.25) is 0 Å². The van der Waals surface area contributed by atoms with E-state index in [4.69, 9.17) is 16.3 Å². The van der Waals surface area contributed by atoms with E-state index in [9.17, 15) is 0 Å². The van der Waals surface area contributed by atoms with Gasteiger partial charge in [0.05, 0.1) is 7.11 Å². The Morgan fingerprint density at radius 3 is 2.14 bits per heavy atom. The van der Waals surface area contributed by atoms with Crippen LogP contribution in [0.4, 0.5) is 0 Å². The minimum absolute atomic E-state index is 0.527. The number of nitrogens with zero attached hydrogens (tertiary/aromatic N) is 1. The average molecular weight is 212 g/mol. The Morgan fingerprint density at radius 1 is 1.29 bits per heavy atom. The van der Waals surface area contributed by atoms with E-state index >= 15 is 0 Å². The number of hydrogen-bond acceptors (Lipinski definition) is 2. The Kier molecular flexibility index (Phi) is 3.53. The van der Waals surface area contributed by atoms with E-state index in [1.807, 2.05) is 26.0 Å². The van der Waals surface area contributed by atoms with Crippen molar-refractivity contribution in [1.29, 1.82) is 0 Å². The van der Waals surface area contributed by atoms with E-state index in [0.717, 1.165) is 22.4 Å². The molecular formula is C11H14ClNO. The molecule has 1 rings (SSSR count). The maximum absolute atomic E-state index is 5.94. The standard InChI is InChI=1S/C11H14ClNO/c1-7-5-9(11(12)13-3)6-8(2)10(7)14-4/h5-6H,1-4H3. The van der Waals surface area contributed by atoms with Crippen molar-refractivity contribution in [3.05, 3.63) is 28.8 Å². The van der Waals surface area contributed by atoms with Gasteiger partial charge in [-0.05, 0) is 37.1 Å². The highest BCUT2D eigenvalue weighted by Crippen LogP contribution is 2.25. The topological polar surface area (TPSA) is 21.6 Å². The van der Waals surface area contributed by atoms with Crippen molar-refractivity contribution >= 4 is 16.8 Å². The number of halogens is 1.